The molecule has 2 bridgehead atoms. The fourth-order valence-corrected chi connectivity index (χ4v) is 6.60. The number of hydrogen-bond donors (Lipinski definition) is 3. The van der Waals surface area contributed by atoms with E-state index in [9.17, 15) is 19.5 Å². The number of carbonyl (C=O) groups excluding carboxylic acids is 2. The summed E-state index contributed by atoms with van der Waals surface area (Å²) in [5.74, 6) is -2.83. The summed E-state index contributed by atoms with van der Waals surface area (Å²) in [7, 11) is 0. The lowest BCUT2D eigenvalue weighted by atomic mass is 9.82. The van der Waals surface area contributed by atoms with Gasteiger partial charge in [-0.05, 0) is 48.6 Å². The molecule has 4 atom stereocenters. The molecule has 1 fully saturated rings. The van der Waals surface area contributed by atoms with E-state index in [1.54, 1.807) is 0 Å². The number of fused-ring (bicyclic) bond motifs is 3. The molecule has 0 radical (unpaired) electrons. The van der Waals surface area contributed by atoms with E-state index in [2.05, 4.69) is 10.6 Å². The van der Waals surface area contributed by atoms with E-state index in [1.807, 2.05) is 42.5 Å². The maximum Gasteiger partial charge on any atom is 0.307 e. The molecule has 31 heavy (non-hydrogen) atoms. The largest absolute Gasteiger partial charge is 0.481 e. The third-order valence-corrected chi connectivity index (χ3v) is 7.94. The van der Waals surface area contributed by atoms with E-state index in [1.165, 1.54) is 11.3 Å². The highest BCUT2D eigenvalue weighted by molar-refractivity contribution is 7.17. The van der Waals surface area contributed by atoms with Gasteiger partial charge in [0.25, 0.3) is 5.91 Å². The molecule has 2 aromatic rings. The van der Waals surface area contributed by atoms with Crippen LogP contribution in [0.25, 0.3) is 0 Å². The second kappa shape index (κ2) is 7.96. The lowest BCUT2D eigenvalue weighted by molar-refractivity contribution is -0.146. The van der Waals surface area contributed by atoms with Gasteiger partial charge in [-0.1, -0.05) is 42.5 Å². The number of anilines is 1. The summed E-state index contributed by atoms with van der Waals surface area (Å²) in [4.78, 5) is 39.2. The van der Waals surface area contributed by atoms with E-state index in [4.69, 9.17) is 0 Å². The van der Waals surface area contributed by atoms with Crippen molar-refractivity contribution in [2.45, 2.75) is 32.2 Å². The lowest BCUT2D eigenvalue weighted by Crippen LogP contribution is -2.36. The number of nitrogens with one attached hydrogen (secondary N) is 2. The Bertz CT molecular complexity index is 1070. The minimum atomic E-state index is -0.925. The van der Waals surface area contributed by atoms with Gasteiger partial charge in [0.15, 0.2) is 0 Å². The molecule has 0 saturated heterocycles. The second-order valence-electron chi connectivity index (χ2n) is 8.56. The van der Waals surface area contributed by atoms with E-state index in [0.717, 1.165) is 35.3 Å². The molecular formula is C24H24N2O4S. The zero-order valence-electron chi connectivity index (χ0n) is 17.0. The first-order valence-corrected chi connectivity index (χ1v) is 11.5. The zero-order valence-corrected chi connectivity index (χ0v) is 17.8. The smallest absolute Gasteiger partial charge is 0.307 e. The van der Waals surface area contributed by atoms with Gasteiger partial charge in [-0.15, -0.1) is 11.3 Å². The Labute approximate surface area is 184 Å². The first kappa shape index (κ1) is 20.0. The van der Waals surface area contributed by atoms with Crippen molar-refractivity contribution in [2.24, 2.45) is 23.7 Å². The number of benzene rings is 1. The summed E-state index contributed by atoms with van der Waals surface area (Å²) in [5, 5.41) is 16.1. The quantitative estimate of drug-likeness (QED) is 0.603. The van der Waals surface area contributed by atoms with Crippen LogP contribution in [0.2, 0.25) is 0 Å². The molecule has 3 aliphatic carbocycles. The van der Waals surface area contributed by atoms with Crippen molar-refractivity contribution < 1.29 is 19.5 Å². The lowest BCUT2D eigenvalue weighted by Gasteiger charge is -2.23. The Balaban J connectivity index is 1.37. The summed E-state index contributed by atoms with van der Waals surface area (Å²) < 4.78 is 0. The highest BCUT2D eigenvalue weighted by Gasteiger charge is 2.51. The molecule has 1 aromatic carbocycles. The first-order chi connectivity index (χ1) is 15.0. The predicted octanol–water partition coefficient (Wildman–Crippen LogP) is 3.63. The molecular weight excluding hydrogens is 412 g/mol. The predicted molar refractivity (Wildman–Crippen MR) is 118 cm³/mol. The molecule has 1 saturated carbocycles. The van der Waals surface area contributed by atoms with Crippen molar-refractivity contribution in [1.29, 1.82) is 0 Å². The van der Waals surface area contributed by atoms with Crippen LogP contribution in [0.5, 0.6) is 0 Å². The average molecular weight is 437 g/mol. The molecule has 6 nitrogen and oxygen atoms in total. The number of amides is 2. The van der Waals surface area contributed by atoms with Gasteiger partial charge in [-0.2, -0.15) is 0 Å². The second-order valence-corrected chi connectivity index (χ2v) is 9.66. The summed E-state index contributed by atoms with van der Waals surface area (Å²) in [6.45, 7) is 0.413. The zero-order chi connectivity index (χ0) is 21.5. The van der Waals surface area contributed by atoms with E-state index < -0.39 is 17.8 Å². The molecule has 0 aliphatic heterocycles. The maximum atomic E-state index is 13.2. The van der Waals surface area contributed by atoms with Gasteiger partial charge in [0.1, 0.15) is 5.00 Å². The molecule has 0 unspecified atom stereocenters. The van der Waals surface area contributed by atoms with Crippen molar-refractivity contribution in [1.82, 2.24) is 5.32 Å². The monoisotopic (exact) mass is 436 g/mol. The van der Waals surface area contributed by atoms with Crippen LogP contribution >= 0.6 is 11.3 Å². The molecule has 3 N–H and O–H groups in total. The van der Waals surface area contributed by atoms with Gasteiger partial charge in [-0.3, -0.25) is 14.4 Å². The normalized spacial score (nSPS) is 25.4. The van der Waals surface area contributed by atoms with Crippen molar-refractivity contribution in [2.75, 3.05) is 5.32 Å². The summed E-state index contributed by atoms with van der Waals surface area (Å²) in [6, 6.07) is 9.70. The topological polar surface area (TPSA) is 95.5 Å². The summed E-state index contributed by atoms with van der Waals surface area (Å²) in [5.41, 5.74) is 2.58. The molecule has 160 valence electrons. The molecule has 7 heteroatoms. The molecule has 2 amide bonds. The number of allylic oxidation sites excluding steroid dienone is 2. The molecule has 1 aromatic heterocycles. The SMILES string of the molecule is O=C(NCc1ccccc1)c1c(NC(=O)[C@@H]2[C@@H](C(=O)O)[C@@H]3C=C[C@H]2C3)sc2c1CCC2. The minimum absolute atomic E-state index is 0.0479. The van der Waals surface area contributed by atoms with Crippen LogP contribution in [0.3, 0.4) is 0 Å². The summed E-state index contributed by atoms with van der Waals surface area (Å²) in [6.07, 6.45) is 7.34. The van der Waals surface area contributed by atoms with Gasteiger partial charge >= 0.3 is 5.97 Å². The van der Waals surface area contributed by atoms with Crippen LogP contribution in [-0.4, -0.2) is 22.9 Å². The minimum Gasteiger partial charge on any atom is -0.481 e. The number of hydrogen-bond acceptors (Lipinski definition) is 4. The number of thiophene rings is 1. The van der Waals surface area contributed by atoms with Gasteiger partial charge in [-0.25, -0.2) is 0 Å². The summed E-state index contributed by atoms with van der Waals surface area (Å²) >= 11 is 1.46. The van der Waals surface area contributed by atoms with Crippen LogP contribution < -0.4 is 10.6 Å². The number of carboxylic acid groups (broad SMARTS) is 1. The number of carboxylic acids is 1. The van der Waals surface area contributed by atoms with Crippen LogP contribution in [0.4, 0.5) is 5.00 Å². The third kappa shape index (κ3) is 3.57. The van der Waals surface area contributed by atoms with Gasteiger partial charge in [0, 0.05) is 11.4 Å². The van der Waals surface area contributed by atoms with E-state index >= 15 is 0 Å². The van der Waals surface area contributed by atoms with Crippen molar-refractivity contribution >= 4 is 34.1 Å². The Morgan fingerprint density at radius 3 is 2.52 bits per heavy atom. The van der Waals surface area contributed by atoms with Crippen molar-refractivity contribution in [3.8, 4) is 0 Å². The van der Waals surface area contributed by atoms with Crippen molar-refractivity contribution in [3.63, 3.8) is 0 Å². The van der Waals surface area contributed by atoms with E-state index in [0.29, 0.717) is 23.5 Å². The first-order valence-electron chi connectivity index (χ1n) is 10.7. The fraction of sp³-hybridized carbons (Fsp3) is 0.375. The molecule has 3 aliphatic rings. The number of carbonyl (C=O) groups is 3. The van der Waals surface area contributed by atoms with Crippen LogP contribution in [0.15, 0.2) is 42.5 Å². The van der Waals surface area contributed by atoms with Crippen LogP contribution in [0, 0.1) is 23.7 Å². The van der Waals surface area contributed by atoms with Gasteiger partial charge in [0.2, 0.25) is 5.91 Å². The number of aliphatic carboxylic acids is 1. The number of aryl methyl sites for hydroxylation is 1. The van der Waals surface area contributed by atoms with Gasteiger partial charge < -0.3 is 15.7 Å². The molecule has 5 rings (SSSR count). The Morgan fingerprint density at radius 2 is 1.77 bits per heavy atom. The Morgan fingerprint density at radius 1 is 1.03 bits per heavy atom. The Kier molecular flexibility index (Phi) is 5.14. The van der Waals surface area contributed by atoms with Crippen LogP contribution in [0.1, 0.15) is 39.2 Å². The highest BCUT2D eigenvalue weighted by Crippen LogP contribution is 2.49. The van der Waals surface area contributed by atoms with Crippen LogP contribution in [-0.2, 0) is 29.0 Å². The number of rotatable bonds is 6. The fourth-order valence-electron chi connectivity index (χ4n) is 5.31. The average Bonchev–Trinajstić information content (AvgIpc) is 3.52. The maximum absolute atomic E-state index is 13.2. The third-order valence-electron chi connectivity index (χ3n) is 6.73. The van der Waals surface area contributed by atoms with Gasteiger partial charge in [0.05, 0.1) is 17.4 Å². The van der Waals surface area contributed by atoms with Crippen molar-refractivity contribution in [3.05, 3.63) is 64.1 Å². The highest BCUT2D eigenvalue weighted by atomic mass is 32.1. The molecule has 0 spiro atoms. The Hall–Kier alpha value is -2.93. The van der Waals surface area contributed by atoms with E-state index in [-0.39, 0.29) is 23.7 Å². The standard InChI is InChI=1S/C24H24N2O4S/c27-21(25-12-13-5-2-1-3-6-13)20-16-7-4-8-17(16)31-23(20)26-22(28)18-14-9-10-15(11-14)19(18)24(29)30/h1-3,5-6,9-10,14-15,18-19H,4,7-8,11-12H2,(H,25,27)(H,26,28)(H,29,30)/t14-,15+,18-,19-/m0/s1. The molecule has 1 heterocycles.